The average molecular weight is 310 g/mol. The molecule has 0 saturated heterocycles. The van der Waals surface area contributed by atoms with E-state index in [1.807, 2.05) is 0 Å². The molecule has 0 aliphatic carbocycles. The molecule has 0 aromatic heterocycles. The van der Waals surface area contributed by atoms with Gasteiger partial charge in [0.2, 0.25) is 5.82 Å². The average Bonchev–Trinajstić information content (AvgIpc) is 2.26. The molecule has 1 atom stereocenters. The molecule has 3 N–H and O–H groups in total. The summed E-state index contributed by atoms with van der Waals surface area (Å²) in [7, 11) is 1.20. The Morgan fingerprint density at radius 3 is 2.65 bits per heavy atom. The van der Waals surface area contributed by atoms with Crippen LogP contribution in [0.5, 0.6) is 5.75 Å². The van der Waals surface area contributed by atoms with E-state index in [-0.39, 0.29) is 22.2 Å². The second-order valence-corrected chi connectivity index (χ2v) is 4.18. The van der Waals surface area contributed by atoms with Gasteiger partial charge in [-0.25, -0.2) is 4.39 Å². The lowest BCUT2D eigenvalue weighted by Gasteiger charge is -2.11. The number of carboxylic acids is 1. The molecule has 1 aromatic carbocycles. The number of nitrogens with two attached hydrogens (primary N) is 1. The number of hydrogen-bond acceptors (Lipinski definition) is 3. The summed E-state index contributed by atoms with van der Waals surface area (Å²) in [6.07, 6.45) is -0.305. The number of hydrogen-bond donors (Lipinski definition) is 2. The van der Waals surface area contributed by atoms with E-state index in [2.05, 4.69) is 20.7 Å². The standard InChI is InChI=1S/C10H10BrF2NO3/c1-17-9-5(11)2-4(7(12)8(9)13)3-6(14)10(15)16/h2,6H,3,14H2,1H3,(H,15,16). The van der Waals surface area contributed by atoms with E-state index in [9.17, 15) is 13.6 Å². The maximum absolute atomic E-state index is 13.5. The summed E-state index contributed by atoms with van der Waals surface area (Å²) in [5.41, 5.74) is 5.13. The van der Waals surface area contributed by atoms with Crippen molar-refractivity contribution in [3.8, 4) is 5.75 Å². The molecule has 0 spiro atoms. The van der Waals surface area contributed by atoms with Crippen molar-refractivity contribution in [2.75, 3.05) is 7.11 Å². The SMILES string of the molecule is COc1c(Br)cc(CC(N)C(=O)O)c(F)c1F. The molecule has 1 unspecified atom stereocenters. The molecule has 1 aromatic rings. The number of methoxy groups -OCH3 is 1. The summed E-state index contributed by atoms with van der Waals surface area (Å²) in [6, 6.07) is -0.0377. The van der Waals surface area contributed by atoms with Gasteiger partial charge in [-0.15, -0.1) is 0 Å². The third kappa shape index (κ3) is 2.92. The maximum Gasteiger partial charge on any atom is 0.320 e. The minimum absolute atomic E-state index is 0.120. The molecule has 0 radical (unpaired) electrons. The van der Waals surface area contributed by atoms with Crippen LogP contribution in [0.1, 0.15) is 5.56 Å². The largest absolute Gasteiger partial charge is 0.492 e. The Morgan fingerprint density at radius 1 is 1.59 bits per heavy atom. The molecule has 0 bridgehead atoms. The van der Waals surface area contributed by atoms with Crippen LogP contribution < -0.4 is 10.5 Å². The Morgan fingerprint density at radius 2 is 2.18 bits per heavy atom. The quantitative estimate of drug-likeness (QED) is 0.830. The molecule has 7 heteroatoms. The van der Waals surface area contributed by atoms with Gasteiger partial charge in [-0.2, -0.15) is 4.39 Å². The zero-order valence-corrected chi connectivity index (χ0v) is 10.4. The van der Waals surface area contributed by atoms with Gasteiger partial charge in [0, 0.05) is 6.42 Å². The van der Waals surface area contributed by atoms with Gasteiger partial charge >= 0.3 is 5.97 Å². The first-order valence-corrected chi connectivity index (χ1v) is 5.36. The molecule has 0 aliphatic rings. The Hall–Kier alpha value is -1.21. The van der Waals surface area contributed by atoms with Gasteiger partial charge in [0.15, 0.2) is 11.6 Å². The zero-order valence-electron chi connectivity index (χ0n) is 8.84. The van der Waals surface area contributed by atoms with Gasteiger partial charge in [-0.1, -0.05) is 0 Å². The molecule has 0 heterocycles. The van der Waals surface area contributed by atoms with Crippen molar-refractivity contribution in [2.45, 2.75) is 12.5 Å². The molecular formula is C10H10BrF2NO3. The molecule has 0 amide bonds. The summed E-state index contributed by atoms with van der Waals surface area (Å²) in [6.45, 7) is 0. The predicted octanol–water partition coefficient (Wildman–Crippen LogP) is 1.69. The molecule has 17 heavy (non-hydrogen) atoms. The minimum Gasteiger partial charge on any atom is -0.492 e. The number of carbonyl (C=O) groups is 1. The summed E-state index contributed by atoms with van der Waals surface area (Å²) in [4.78, 5) is 10.5. The normalized spacial score (nSPS) is 12.3. The van der Waals surface area contributed by atoms with Gasteiger partial charge in [0.1, 0.15) is 6.04 Å². The molecule has 0 fully saturated rings. The molecule has 0 aliphatic heterocycles. The Kier molecular flexibility index (Phi) is 4.41. The van der Waals surface area contributed by atoms with Crippen LogP contribution in [0, 0.1) is 11.6 Å². The second-order valence-electron chi connectivity index (χ2n) is 3.33. The Labute approximate surface area is 104 Å². The Bertz CT molecular complexity index is 454. The molecule has 4 nitrogen and oxygen atoms in total. The predicted molar refractivity (Wildman–Crippen MR) is 59.9 cm³/mol. The van der Waals surface area contributed by atoms with Crippen LogP contribution in [0.15, 0.2) is 10.5 Å². The topological polar surface area (TPSA) is 72.5 Å². The zero-order chi connectivity index (χ0) is 13.2. The van der Waals surface area contributed by atoms with Crippen molar-refractivity contribution in [3.63, 3.8) is 0 Å². The lowest BCUT2D eigenvalue weighted by Crippen LogP contribution is -2.32. The molecule has 0 saturated carbocycles. The van der Waals surface area contributed by atoms with Crippen LogP contribution in [-0.4, -0.2) is 24.2 Å². The number of rotatable bonds is 4. The maximum atomic E-state index is 13.5. The molecule has 1 rings (SSSR count). The van der Waals surface area contributed by atoms with Gasteiger partial charge in [-0.3, -0.25) is 4.79 Å². The van der Waals surface area contributed by atoms with Crippen LogP contribution in [-0.2, 0) is 11.2 Å². The summed E-state index contributed by atoms with van der Waals surface area (Å²) >= 11 is 3.00. The summed E-state index contributed by atoms with van der Waals surface area (Å²) in [5, 5.41) is 8.60. The fourth-order valence-electron chi connectivity index (χ4n) is 1.29. The van der Waals surface area contributed by atoms with Crippen molar-refractivity contribution in [2.24, 2.45) is 5.73 Å². The number of benzene rings is 1. The van der Waals surface area contributed by atoms with Crippen molar-refractivity contribution < 1.29 is 23.4 Å². The third-order valence-electron chi connectivity index (χ3n) is 2.15. The number of carboxylic acid groups (broad SMARTS) is 1. The van der Waals surface area contributed by atoms with Gasteiger partial charge in [0.25, 0.3) is 0 Å². The second kappa shape index (κ2) is 5.42. The fraction of sp³-hybridized carbons (Fsp3) is 0.300. The number of aliphatic carboxylic acids is 1. The van der Waals surface area contributed by atoms with Gasteiger partial charge < -0.3 is 15.6 Å². The highest BCUT2D eigenvalue weighted by Gasteiger charge is 2.21. The van der Waals surface area contributed by atoms with Crippen LogP contribution in [0.2, 0.25) is 0 Å². The number of halogens is 3. The van der Waals surface area contributed by atoms with Crippen molar-refractivity contribution >= 4 is 21.9 Å². The minimum atomic E-state index is -1.29. The van der Waals surface area contributed by atoms with Crippen LogP contribution >= 0.6 is 15.9 Å². The van der Waals surface area contributed by atoms with E-state index in [1.54, 1.807) is 0 Å². The van der Waals surface area contributed by atoms with Crippen molar-refractivity contribution in [3.05, 3.63) is 27.7 Å². The van der Waals surface area contributed by atoms with Gasteiger partial charge in [-0.05, 0) is 27.6 Å². The van der Waals surface area contributed by atoms with E-state index in [0.717, 1.165) is 0 Å². The third-order valence-corrected chi connectivity index (χ3v) is 2.74. The first-order valence-electron chi connectivity index (χ1n) is 4.57. The van der Waals surface area contributed by atoms with E-state index in [0.29, 0.717) is 0 Å². The highest BCUT2D eigenvalue weighted by Crippen LogP contribution is 2.32. The van der Waals surface area contributed by atoms with Crippen molar-refractivity contribution in [1.82, 2.24) is 0 Å². The van der Waals surface area contributed by atoms with Gasteiger partial charge in [0.05, 0.1) is 11.6 Å². The first-order chi connectivity index (χ1) is 7.88. The van der Waals surface area contributed by atoms with E-state index in [4.69, 9.17) is 10.8 Å². The van der Waals surface area contributed by atoms with E-state index >= 15 is 0 Å². The lowest BCUT2D eigenvalue weighted by molar-refractivity contribution is -0.138. The summed E-state index contributed by atoms with van der Waals surface area (Å²) in [5.74, 6) is -3.87. The summed E-state index contributed by atoms with van der Waals surface area (Å²) < 4.78 is 31.8. The molecular weight excluding hydrogens is 300 g/mol. The molecule has 94 valence electrons. The van der Waals surface area contributed by atoms with Crippen molar-refractivity contribution in [1.29, 1.82) is 0 Å². The first kappa shape index (κ1) is 13.9. The van der Waals surface area contributed by atoms with Crippen LogP contribution in [0.3, 0.4) is 0 Å². The highest BCUT2D eigenvalue weighted by molar-refractivity contribution is 9.10. The smallest absolute Gasteiger partial charge is 0.320 e. The van der Waals surface area contributed by atoms with E-state index in [1.165, 1.54) is 13.2 Å². The Balaban J connectivity index is 3.15. The van der Waals surface area contributed by atoms with E-state index < -0.39 is 23.6 Å². The highest BCUT2D eigenvalue weighted by atomic mass is 79.9. The fourth-order valence-corrected chi connectivity index (χ4v) is 1.90. The number of ether oxygens (including phenoxy) is 1. The lowest BCUT2D eigenvalue weighted by atomic mass is 10.1. The monoisotopic (exact) mass is 309 g/mol. The van der Waals surface area contributed by atoms with Crippen LogP contribution in [0.4, 0.5) is 8.78 Å². The van der Waals surface area contributed by atoms with Crippen LogP contribution in [0.25, 0.3) is 0 Å².